The molecule has 2 aliphatic rings. The van der Waals surface area contributed by atoms with Crippen molar-refractivity contribution in [1.29, 1.82) is 0 Å². The molecule has 2 aliphatic carbocycles. The molecule has 11 rings (SSSR count). The van der Waals surface area contributed by atoms with Crippen LogP contribution < -0.4 is 0 Å². The Labute approximate surface area is 326 Å². The summed E-state index contributed by atoms with van der Waals surface area (Å²) < 4.78 is 0. The molecule has 9 aromatic rings. The van der Waals surface area contributed by atoms with E-state index >= 15 is 0 Å². The lowest BCUT2D eigenvalue weighted by Gasteiger charge is -2.49. The second kappa shape index (κ2) is 12.7. The lowest BCUT2D eigenvalue weighted by atomic mass is 9.51. The number of rotatable bonds is 6. The predicted molar refractivity (Wildman–Crippen MR) is 225 cm³/mol. The van der Waals surface area contributed by atoms with Gasteiger partial charge < -0.3 is 0 Å². The number of nitrogens with zero attached hydrogens (tertiary/aromatic N) is 3. The standard InChI is InChI=1S/C53H35N3/c1-5-19-36(20-6-1)49-54-50(37-21-7-2-8-22-37)56-51(55-49)38-23-17-28-41(35-38)52(39-24-9-3-10-25-39)45-32-15-16-33-46(45)53(40-26-11-4-12-27-40)44-31-14-13-29-42(44)43-30-18-34-47(52)48(43)53/h1-35H. The van der Waals surface area contributed by atoms with Gasteiger partial charge in [0, 0.05) is 16.7 Å². The van der Waals surface area contributed by atoms with Gasteiger partial charge in [-0.1, -0.05) is 206 Å². The summed E-state index contributed by atoms with van der Waals surface area (Å²) in [6.07, 6.45) is 0. The Balaban J connectivity index is 1.23. The van der Waals surface area contributed by atoms with Crippen molar-refractivity contribution in [3.63, 3.8) is 0 Å². The normalized spacial score (nSPS) is 17.4. The maximum Gasteiger partial charge on any atom is 0.164 e. The first-order chi connectivity index (χ1) is 27.8. The highest BCUT2D eigenvalue weighted by Crippen LogP contribution is 2.65. The highest BCUT2D eigenvalue weighted by atomic mass is 15.0. The van der Waals surface area contributed by atoms with Crippen LogP contribution in [0.25, 0.3) is 45.3 Å². The molecular weight excluding hydrogens is 679 g/mol. The van der Waals surface area contributed by atoms with Crippen LogP contribution in [0.5, 0.6) is 0 Å². The summed E-state index contributed by atoms with van der Waals surface area (Å²) >= 11 is 0. The van der Waals surface area contributed by atoms with Gasteiger partial charge in [0.15, 0.2) is 17.5 Å². The van der Waals surface area contributed by atoms with Crippen molar-refractivity contribution in [1.82, 2.24) is 15.0 Å². The van der Waals surface area contributed by atoms with E-state index in [9.17, 15) is 0 Å². The molecule has 0 N–H and O–H groups in total. The van der Waals surface area contributed by atoms with Crippen LogP contribution in [-0.2, 0) is 10.8 Å². The van der Waals surface area contributed by atoms with Crippen molar-refractivity contribution in [2.24, 2.45) is 0 Å². The Morgan fingerprint density at radius 3 is 1.27 bits per heavy atom. The Morgan fingerprint density at radius 2 is 0.661 bits per heavy atom. The molecule has 3 heteroatoms. The topological polar surface area (TPSA) is 38.7 Å². The molecule has 0 aliphatic heterocycles. The third-order valence-corrected chi connectivity index (χ3v) is 11.9. The maximum absolute atomic E-state index is 5.16. The second-order valence-corrected chi connectivity index (χ2v) is 14.7. The van der Waals surface area contributed by atoms with E-state index in [4.69, 9.17) is 15.0 Å². The van der Waals surface area contributed by atoms with Gasteiger partial charge in [-0.2, -0.15) is 0 Å². The van der Waals surface area contributed by atoms with Gasteiger partial charge in [-0.15, -0.1) is 0 Å². The Hall–Kier alpha value is -7.23. The first kappa shape index (κ1) is 32.2. The number of fused-ring (bicyclic) bond motifs is 5. The first-order valence-corrected chi connectivity index (χ1v) is 19.2. The van der Waals surface area contributed by atoms with Crippen molar-refractivity contribution in [3.8, 4) is 45.3 Å². The third kappa shape index (κ3) is 4.55. The molecule has 0 fully saturated rings. The average molecular weight is 714 g/mol. The van der Waals surface area contributed by atoms with Crippen LogP contribution in [0.3, 0.4) is 0 Å². The van der Waals surface area contributed by atoms with Crippen molar-refractivity contribution in [3.05, 3.63) is 257 Å². The molecule has 0 spiro atoms. The number of hydrogen-bond acceptors (Lipinski definition) is 3. The number of aromatic nitrogens is 3. The molecule has 0 saturated heterocycles. The zero-order valence-corrected chi connectivity index (χ0v) is 30.5. The molecule has 2 unspecified atom stereocenters. The highest BCUT2D eigenvalue weighted by molar-refractivity contribution is 5.91. The predicted octanol–water partition coefficient (Wildman–Crippen LogP) is 11.9. The van der Waals surface area contributed by atoms with Crippen LogP contribution in [0.2, 0.25) is 0 Å². The van der Waals surface area contributed by atoms with Crippen molar-refractivity contribution in [2.45, 2.75) is 10.8 Å². The van der Waals surface area contributed by atoms with Gasteiger partial charge >= 0.3 is 0 Å². The molecule has 3 nitrogen and oxygen atoms in total. The van der Waals surface area contributed by atoms with E-state index in [2.05, 4.69) is 176 Å². The smallest absolute Gasteiger partial charge is 0.164 e. The molecule has 0 saturated carbocycles. The molecule has 56 heavy (non-hydrogen) atoms. The summed E-state index contributed by atoms with van der Waals surface area (Å²) in [6.45, 7) is 0. The van der Waals surface area contributed by atoms with Crippen LogP contribution in [0.15, 0.2) is 212 Å². The van der Waals surface area contributed by atoms with Gasteiger partial charge in [-0.3, -0.25) is 0 Å². The van der Waals surface area contributed by atoms with E-state index in [-0.39, 0.29) is 0 Å². The van der Waals surface area contributed by atoms with E-state index in [1.54, 1.807) is 0 Å². The van der Waals surface area contributed by atoms with Crippen LogP contribution >= 0.6 is 0 Å². The van der Waals surface area contributed by atoms with Gasteiger partial charge in [0.1, 0.15) is 0 Å². The number of benzene rings is 8. The minimum Gasteiger partial charge on any atom is -0.208 e. The molecule has 0 radical (unpaired) electrons. The molecular formula is C53H35N3. The van der Waals surface area contributed by atoms with Gasteiger partial charge in [-0.25, -0.2) is 15.0 Å². The fraction of sp³-hybridized carbons (Fsp3) is 0.0377. The van der Waals surface area contributed by atoms with E-state index in [0.717, 1.165) is 22.3 Å². The summed E-state index contributed by atoms with van der Waals surface area (Å²) in [5.74, 6) is 1.93. The van der Waals surface area contributed by atoms with Crippen LogP contribution in [0, 0.1) is 0 Å². The lowest BCUT2D eigenvalue weighted by Crippen LogP contribution is -2.44. The Morgan fingerprint density at radius 1 is 0.268 bits per heavy atom. The van der Waals surface area contributed by atoms with E-state index in [0.29, 0.717) is 17.5 Å². The molecule has 2 atom stereocenters. The minimum absolute atomic E-state index is 0.500. The quantitative estimate of drug-likeness (QED) is 0.172. The van der Waals surface area contributed by atoms with Crippen molar-refractivity contribution >= 4 is 0 Å². The highest BCUT2D eigenvalue weighted by Gasteiger charge is 2.57. The van der Waals surface area contributed by atoms with Gasteiger partial charge in [0.05, 0.1) is 10.8 Å². The summed E-state index contributed by atoms with van der Waals surface area (Å²) in [6, 6.07) is 76.6. The second-order valence-electron chi connectivity index (χ2n) is 14.7. The maximum atomic E-state index is 5.16. The first-order valence-electron chi connectivity index (χ1n) is 19.2. The van der Waals surface area contributed by atoms with E-state index in [1.807, 2.05) is 36.4 Å². The van der Waals surface area contributed by atoms with Gasteiger partial charge in [-0.05, 0) is 61.7 Å². The molecule has 1 aromatic heterocycles. The van der Waals surface area contributed by atoms with Gasteiger partial charge in [0.2, 0.25) is 0 Å². The Bertz CT molecular complexity index is 2850. The Kier molecular flexibility index (Phi) is 7.30. The summed E-state index contributed by atoms with van der Waals surface area (Å²) in [5, 5.41) is 0. The van der Waals surface area contributed by atoms with Crippen LogP contribution in [0.1, 0.15) is 44.5 Å². The molecule has 0 bridgehead atoms. The number of hydrogen-bond donors (Lipinski definition) is 0. The fourth-order valence-electron chi connectivity index (χ4n) is 9.68. The summed E-state index contributed by atoms with van der Waals surface area (Å²) in [7, 11) is 0. The minimum atomic E-state index is -0.670. The zero-order valence-electron chi connectivity index (χ0n) is 30.5. The largest absolute Gasteiger partial charge is 0.208 e. The van der Waals surface area contributed by atoms with E-state index < -0.39 is 10.8 Å². The summed E-state index contributed by atoms with van der Waals surface area (Å²) in [4.78, 5) is 15.3. The van der Waals surface area contributed by atoms with E-state index in [1.165, 1.54) is 50.1 Å². The van der Waals surface area contributed by atoms with Crippen molar-refractivity contribution < 1.29 is 0 Å². The fourth-order valence-corrected chi connectivity index (χ4v) is 9.68. The van der Waals surface area contributed by atoms with Crippen molar-refractivity contribution in [2.75, 3.05) is 0 Å². The van der Waals surface area contributed by atoms with Crippen LogP contribution in [0.4, 0.5) is 0 Å². The van der Waals surface area contributed by atoms with Crippen LogP contribution in [-0.4, -0.2) is 15.0 Å². The van der Waals surface area contributed by atoms with Gasteiger partial charge in [0.25, 0.3) is 0 Å². The molecule has 0 amide bonds. The lowest BCUT2D eigenvalue weighted by molar-refractivity contribution is 0.627. The molecule has 1 heterocycles. The SMILES string of the molecule is c1ccc(-c2nc(-c3ccccc3)nc(-c3cccc(C4(c5ccccc5)c5ccccc5C5(c6ccccc6)c6ccccc6-c6cccc4c65)c3)n2)cc1. The molecule has 262 valence electrons. The molecule has 8 aromatic carbocycles. The monoisotopic (exact) mass is 713 g/mol. The zero-order chi connectivity index (χ0) is 37.1. The average Bonchev–Trinajstić information content (AvgIpc) is 3.60. The third-order valence-electron chi connectivity index (χ3n) is 11.9. The summed E-state index contributed by atoms with van der Waals surface area (Å²) in [5.41, 5.74) is 14.4.